The number of aromatic hydroxyl groups is 1. The standard InChI is InChI=1S/C16H25NO3/c1-11-5-6-12(7-14(11)19)8-15(20)17-13(10-18)9-16(2,3)4/h5-7,13,18-19H,8-10H2,1-4H3,(H,17,20). The van der Waals surface area contributed by atoms with Crippen LogP contribution in [-0.4, -0.2) is 28.8 Å². The number of aliphatic hydroxyl groups excluding tert-OH is 1. The van der Waals surface area contributed by atoms with E-state index < -0.39 is 0 Å². The number of carbonyl (C=O) groups is 1. The van der Waals surface area contributed by atoms with Crippen LogP contribution in [0.4, 0.5) is 0 Å². The van der Waals surface area contributed by atoms with Crippen molar-refractivity contribution in [2.45, 2.75) is 46.6 Å². The van der Waals surface area contributed by atoms with E-state index in [2.05, 4.69) is 26.1 Å². The van der Waals surface area contributed by atoms with Crippen LogP contribution in [0.1, 0.15) is 38.3 Å². The first-order valence-corrected chi connectivity index (χ1v) is 6.90. The van der Waals surface area contributed by atoms with Gasteiger partial charge in [-0.2, -0.15) is 0 Å². The molecule has 112 valence electrons. The lowest BCUT2D eigenvalue weighted by atomic mass is 9.88. The number of amides is 1. The third-order valence-electron chi connectivity index (χ3n) is 3.08. The molecule has 20 heavy (non-hydrogen) atoms. The van der Waals surface area contributed by atoms with Gasteiger partial charge in [0.1, 0.15) is 5.75 Å². The van der Waals surface area contributed by atoms with Gasteiger partial charge in [0.2, 0.25) is 5.91 Å². The predicted molar refractivity (Wildman–Crippen MR) is 79.6 cm³/mol. The SMILES string of the molecule is Cc1ccc(CC(=O)NC(CO)CC(C)(C)C)cc1O. The lowest BCUT2D eigenvalue weighted by Crippen LogP contribution is -2.40. The molecular formula is C16H25NO3. The fourth-order valence-corrected chi connectivity index (χ4v) is 2.13. The maximum absolute atomic E-state index is 12.0. The van der Waals surface area contributed by atoms with Crippen LogP contribution in [0.15, 0.2) is 18.2 Å². The van der Waals surface area contributed by atoms with Crippen molar-refractivity contribution in [1.29, 1.82) is 0 Å². The summed E-state index contributed by atoms with van der Waals surface area (Å²) in [5.41, 5.74) is 1.59. The number of rotatable bonds is 5. The molecule has 3 N–H and O–H groups in total. The van der Waals surface area contributed by atoms with Gasteiger partial charge in [0, 0.05) is 0 Å². The predicted octanol–water partition coefficient (Wildman–Crippen LogP) is 2.16. The lowest BCUT2D eigenvalue weighted by molar-refractivity contribution is -0.121. The van der Waals surface area contributed by atoms with Gasteiger partial charge in [-0.1, -0.05) is 32.9 Å². The largest absolute Gasteiger partial charge is 0.508 e. The van der Waals surface area contributed by atoms with Crippen LogP contribution in [0, 0.1) is 12.3 Å². The Labute approximate surface area is 120 Å². The maximum atomic E-state index is 12.0. The van der Waals surface area contributed by atoms with Gasteiger partial charge in [-0.05, 0) is 36.0 Å². The van der Waals surface area contributed by atoms with E-state index in [1.54, 1.807) is 12.1 Å². The molecule has 1 aromatic carbocycles. The molecule has 4 nitrogen and oxygen atoms in total. The Morgan fingerprint density at radius 3 is 2.50 bits per heavy atom. The van der Waals surface area contributed by atoms with Crippen molar-refractivity contribution in [3.8, 4) is 5.75 Å². The average Bonchev–Trinajstić information content (AvgIpc) is 2.31. The summed E-state index contributed by atoms with van der Waals surface area (Å²) in [7, 11) is 0. The van der Waals surface area contributed by atoms with Crippen molar-refractivity contribution in [2.24, 2.45) is 5.41 Å². The Kier molecular flexibility index (Phi) is 5.57. The van der Waals surface area contributed by atoms with E-state index >= 15 is 0 Å². The van der Waals surface area contributed by atoms with Gasteiger partial charge in [0.05, 0.1) is 19.1 Å². The average molecular weight is 279 g/mol. The minimum absolute atomic E-state index is 0.0444. The first-order valence-electron chi connectivity index (χ1n) is 6.90. The monoisotopic (exact) mass is 279 g/mol. The smallest absolute Gasteiger partial charge is 0.224 e. The Bertz CT molecular complexity index is 463. The molecule has 1 unspecified atom stereocenters. The molecular weight excluding hydrogens is 254 g/mol. The Hall–Kier alpha value is -1.55. The number of phenols is 1. The number of benzene rings is 1. The molecule has 0 saturated carbocycles. The fourth-order valence-electron chi connectivity index (χ4n) is 2.13. The van der Waals surface area contributed by atoms with E-state index in [1.165, 1.54) is 0 Å². The van der Waals surface area contributed by atoms with Gasteiger partial charge < -0.3 is 15.5 Å². The van der Waals surface area contributed by atoms with Crippen LogP contribution in [0.3, 0.4) is 0 Å². The molecule has 0 aliphatic rings. The molecule has 0 heterocycles. The molecule has 4 heteroatoms. The zero-order valence-corrected chi connectivity index (χ0v) is 12.7. The summed E-state index contributed by atoms with van der Waals surface area (Å²) in [6, 6.07) is 4.98. The number of hydrogen-bond donors (Lipinski definition) is 3. The van der Waals surface area contributed by atoms with Crippen LogP contribution in [0.2, 0.25) is 0 Å². The summed E-state index contributed by atoms with van der Waals surface area (Å²) in [6.45, 7) is 7.95. The molecule has 0 bridgehead atoms. The lowest BCUT2D eigenvalue weighted by Gasteiger charge is -2.25. The number of nitrogens with one attached hydrogen (secondary N) is 1. The number of carbonyl (C=O) groups excluding carboxylic acids is 1. The van der Waals surface area contributed by atoms with Crippen LogP contribution >= 0.6 is 0 Å². The van der Waals surface area contributed by atoms with Gasteiger partial charge >= 0.3 is 0 Å². The minimum atomic E-state index is -0.235. The molecule has 1 amide bonds. The number of hydrogen-bond acceptors (Lipinski definition) is 3. The van der Waals surface area contributed by atoms with Gasteiger partial charge in [-0.15, -0.1) is 0 Å². The van der Waals surface area contributed by atoms with E-state index in [0.29, 0.717) is 6.42 Å². The maximum Gasteiger partial charge on any atom is 0.224 e. The highest BCUT2D eigenvalue weighted by atomic mass is 16.3. The topological polar surface area (TPSA) is 69.6 Å². The number of aryl methyl sites for hydroxylation is 1. The molecule has 0 radical (unpaired) electrons. The van der Waals surface area contributed by atoms with E-state index in [1.807, 2.05) is 13.0 Å². The van der Waals surface area contributed by atoms with E-state index in [9.17, 15) is 15.0 Å². The Balaban J connectivity index is 2.59. The number of phenolic OH excluding ortho intramolecular Hbond substituents is 1. The van der Waals surface area contributed by atoms with Crippen LogP contribution in [0.25, 0.3) is 0 Å². The van der Waals surface area contributed by atoms with Crippen molar-refractivity contribution < 1.29 is 15.0 Å². The summed E-state index contributed by atoms with van der Waals surface area (Å²) >= 11 is 0. The summed E-state index contributed by atoms with van der Waals surface area (Å²) < 4.78 is 0. The van der Waals surface area contributed by atoms with Gasteiger partial charge in [-0.25, -0.2) is 0 Å². The first kappa shape index (κ1) is 16.5. The zero-order chi connectivity index (χ0) is 15.3. The summed E-state index contributed by atoms with van der Waals surface area (Å²) in [4.78, 5) is 12.0. The molecule has 0 spiro atoms. The third-order valence-corrected chi connectivity index (χ3v) is 3.08. The van der Waals surface area contributed by atoms with Gasteiger partial charge in [0.15, 0.2) is 0 Å². The highest BCUT2D eigenvalue weighted by Crippen LogP contribution is 2.21. The molecule has 1 atom stereocenters. The molecule has 0 aliphatic carbocycles. The Morgan fingerprint density at radius 2 is 2.00 bits per heavy atom. The minimum Gasteiger partial charge on any atom is -0.508 e. The summed E-state index contributed by atoms with van der Waals surface area (Å²) in [5, 5.41) is 21.8. The third kappa shape index (κ3) is 5.61. The molecule has 0 fully saturated rings. The van der Waals surface area contributed by atoms with Crippen molar-refractivity contribution >= 4 is 5.91 Å². The first-order chi connectivity index (χ1) is 9.21. The second-order valence-corrected chi connectivity index (χ2v) is 6.51. The molecule has 1 rings (SSSR count). The van der Waals surface area contributed by atoms with Crippen molar-refractivity contribution in [3.05, 3.63) is 29.3 Å². The van der Waals surface area contributed by atoms with E-state index in [4.69, 9.17) is 0 Å². The highest BCUT2D eigenvalue weighted by Gasteiger charge is 2.19. The second kappa shape index (κ2) is 6.75. The van der Waals surface area contributed by atoms with Crippen LogP contribution in [-0.2, 0) is 11.2 Å². The van der Waals surface area contributed by atoms with E-state index in [-0.39, 0.29) is 36.1 Å². The van der Waals surface area contributed by atoms with Crippen molar-refractivity contribution in [1.82, 2.24) is 5.32 Å². The highest BCUT2D eigenvalue weighted by molar-refractivity contribution is 5.79. The van der Waals surface area contributed by atoms with Crippen LogP contribution < -0.4 is 5.32 Å². The summed E-state index contributed by atoms with van der Waals surface area (Å²) in [6.07, 6.45) is 0.920. The molecule has 0 saturated heterocycles. The van der Waals surface area contributed by atoms with Gasteiger partial charge in [0.25, 0.3) is 0 Å². The van der Waals surface area contributed by atoms with Crippen molar-refractivity contribution in [2.75, 3.05) is 6.61 Å². The van der Waals surface area contributed by atoms with E-state index in [0.717, 1.165) is 11.1 Å². The summed E-state index contributed by atoms with van der Waals surface area (Å²) in [5.74, 6) is 0.0558. The quantitative estimate of drug-likeness (QED) is 0.773. The zero-order valence-electron chi connectivity index (χ0n) is 12.7. The normalized spacial score (nSPS) is 13.1. The van der Waals surface area contributed by atoms with Gasteiger partial charge in [-0.3, -0.25) is 4.79 Å². The molecule has 0 aliphatic heterocycles. The Morgan fingerprint density at radius 1 is 1.35 bits per heavy atom. The van der Waals surface area contributed by atoms with Crippen LogP contribution in [0.5, 0.6) is 5.75 Å². The number of aliphatic hydroxyl groups is 1. The molecule has 0 aromatic heterocycles. The fraction of sp³-hybridized carbons (Fsp3) is 0.562. The molecule has 1 aromatic rings. The van der Waals surface area contributed by atoms with Crippen molar-refractivity contribution in [3.63, 3.8) is 0 Å². The second-order valence-electron chi connectivity index (χ2n) is 6.51.